The van der Waals surface area contributed by atoms with E-state index >= 15 is 0 Å². The Morgan fingerprint density at radius 3 is 3.09 bits per heavy atom. The van der Waals surface area contributed by atoms with Gasteiger partial charge in [0.15, 0.2) is 0 Å². The Kier molecular flexibility index (Phi) is 3.74. The van der Waals surface area contributed by atoms with Crippen LogP contribution >= 0.6 is 11.3 Å². The average Bonchev–Trinajstić information content (AvgIpc) is 3.21. The number of allylic oxidation sites excluding steroid dienone is 2. The maximum atomic E-state index is 5.90. The monoisotopic (exact) mass is 323 g/mol. The lowest BCUT2D eigenvalue weighted by atomic mass is 9.78. The van der Waals surface area contributed by atoms with Crippen LogP contribution in [0.15, 0.2) is 54.5 Å². The van der Waals surface area contributed by atoms with Crippen LogP contribution in [0.2, 0.25) is 0 Å². The molecule has 0 spiro atoms. The van der Waals surface area contributed by atoms with Gasteiger partial charge in [0.1, 0.15) is 12.4 Å². The molecule has 2 aliphatic rings. The lowest BCUT2D eigenvalue weighted by molar-refractivity contribution is 0.358. The van der Waals surface area contributed by atoms with Crippen molar-refractivity contribution < 1.29 is 4.74 Å². The number of fused-ring (bicyclic) bond motifs is 3. The summed E-state index contributed by atoms with van der Waals surface area (Å²) in [6.07, 6.45) is 7.63. The molecule has 0 bridgehead atoms. The molecule has 0 fully saturated rings. The minimum absolute atomic E-state index is 0.357. The standard InChI is InChI=1S/C20H21NOS/c1-3-11-22-17-9-5-8-15-14-6-4-7-16(14)19(21-18(15)17)20-13(2)10-12-23-20/h3-6,8-10,12,14,16,19,21H,1,7,11H2,2H3. The fourth-order valence-corrected chi connectivity index (χ4v) is 4.88. The van der Waals surface area contributed by atoms with Crippen molar-refractivity contribution in [3.8, 4) is 5.75 Å². The molecule has 1 aromatic carbocycles. The number of para-hydroxylation sites is 1. The van der Waals surface area contributed by atoms with Crippen LogP contribution in [0.5, 0.6) is 5.75 Å². The van der Waals surface area contributed by atoms with E-state index in [1.54, 1.807) is 6.08 Å². The second kappa shape index (κ2) is 5.89. The van der Waals surface area contributed by atoms with E-state index in [4.69, 9.17) is 4.74 Å². The third-order valence-corrected chi connectivity index (χ3v) is 6.00. The number of benzene rings is 1. The number of thiophene rings is 1. The normalized spacial score (nSPS) is 24.7. The van der Waals surface area contributed by atoms with Gasteiger partial charge in [-0.1, -0.05) is 36.9 Å². The Bertz CT molecular complexity index is 761. The van der Waals surface area contributed by atoms with Gasteiger partial charge in [0.25, 0.3) is 0 Å². The summed E-state index contributed by atoms with van der Waals surface area (Å²) in [5.41, 5.74) is 3.89. The topological polar surface area (TPSA) is 21.3 Å². The molecule has 0 radical (unpaired) electrons. The van der Waals surface area contributed by atoms with Crippen LogP contribution in [0.1, 0.15) is 34.4 Å². The van der Waals surface area contributed by atoms with E-state index < -0.39 is 0 Å². The maximum absolute atomic E-state index is 5.90. The van der Waals surface area contributed by atoms with Crippen LogP contribution in [0.25, 0.3) is 0 Å². The molecule has 3 atom stereocenters. The molecule has 0 saturated carbocycles. The first kappa shape index (κ1) is 14.6. The number of aryl methyl sites for hydroxylation is 1. The molecular formula is C20H21NOS. The highest BCUT2D eigenvalue weighted by Crippen LogP contribution is 2.53. The number of nitrogens with one attached hydrogen (secondary N) is 1. The SMILES string of the molecule is C=CCOc1cccc2c1NC(c1sccc1C)C1CC=CC21. The Morgan fingerprint density at radius 1 is 1.39 bits per heavy atom. The second-order valence-corrected chi connectivity index (χ2v) is 7.21. The molecule has 1 N–H and O–H groups in total. The van der Waals surface area contributed by atoms with Gasteiger partial charge in [0, 0.05) is 10.8 Å². The molecule has 118 valence electrons. The van der Waals surface area contributed by atoms with Gasteiger partial charge in [0.05, 0.1) is 11.7 Å². The van der Waals surface area contributed by atoms with Gasteiger partial charge in [-0.15, -0.1) is 11.3 Å². The van der Waals surface area contributed by atoms with Crippen LogP contribution in [0.4, 0.5) is 5.69 Å². The lowest BCUT2D eigenvalue weighted by Gasteiger charge is -2.37. The van der Waals surface area contributed by atoms with Crippen molar-refractivity contribution in [2.75, 3.05) is 11.9 Å². The third kappa shape index (κ3) is 2.40. The molecule has 3 unspecified atom stereocenters. The van der Waals surface area contributed by atoms with Gasteiger partial charge in [0.2, 0.25) is 0 Å². The highest BCUT2D eigenvalue weighted by molar-refractivity contribution is 7.10. The molecule has 0 saturated heterocycles. The predicted molar refractivity (Wildman–Crippen MR) is 97.5 cm³/mol. The molecule has 23 heavy (non-hydrogen) atoms. The molecule has 4 rings (SSSR count). The second-order valence-electron chi connectivity index (χ2n) is 6.26. The Hall–Kier alpha value is -2.00. The zero-order valence-electron chi connectivity index (χ0n) is 13.3. The molecule has 1 aliphatic carbocycles. The van der Waals surface area contributed by atoms with E-state index in [2.05, 4.69) is 54.6 Å². The Balaban J connectivity index is 1.78. The first-order valence-electron chi connectivity index (χ1n) is 8.13. The molecule has 1 aromatic heterocycles. The minimum atomic E-state index is 0.357. The Morgan fingerprint density at radius 2 is 2.30 bits per heavy atom. The van der Waals surface area contributed by atoms with Crippen LogP contribution < -0.4 is 10.1 Å². The lowest BCUT2D eigenvalue weighted by Crippen LogP contribution is -2.29. The van der Waals surface area contributed by atoms with E-state index in [1.807, 2.05) is 17.4 Å². The highest BCUT2D eigenvalue weighted by atomic mass is 32.1. The number of hydrogen-bond donors (Lipinski definition) is 1. The van der Waals surface area contributed by atoms with E-state index in [-0.39, 0.29) is 0 Å². The first-order chi connectivity index (χ1) is 11.3. The summed E-state index contributed by atoms with van der Waals surface area (Å²) in [4.78, 5) is 1.45. The summed E-state index contributed by atoms with van der Waals surface area (Å²) in [5.74, 6) is 2.00. The molecule has 2 nitrogen and oxygen atoms in total. The van der Waals surface area contributed by atoms with Crippen LogP contribution in [-0.4, -0.2) is 6.61 Å². The number of anilines is 1. The van der Waals surface area contributed by atoms with Crippen molar-refractivity contribution in [3.05, 3.63) is 70.5 Å². The van der Waals surface area contributed by atoms with E-state index in [1.165, 1.54) is 16.0 Å². The van der Waals surface area contributed by atoms with Crippen LogP contribution in [0, 0.1) is 12.8 Å². The average molecular weight is 323 g/mol. The van der Waals surface area contributed by atoms with Crippen molar-refractivity contribution >= 4 is 17.0 Å². The summed E-state index contributed by atoms with van der Waals surface area (Å²) in [5, 5.41) is 5.99. The minimum Gasteiger partial charge on any atom is -0.487 e. The molecular weight excluding hydrogens is 302 g/mol. The van der Waals surface area contributed by atoms with Crippen molar-refractivity contribution in [1.29, 1.82) is 0 Å². The van der Waals surface area contributed by atoms with Crippen molar-refractivity contribution in [2.24, 2.45) is 5.92 Å². The fourth-order valence-electron chi connectivity index (χ4n) is 3.82. The number of rotatable bonds is 4. The summed E-state index contributed by atoms with van der Waals surface area (Å²) >= 11 is 1.86. The summed E-state index contributed by atoms with van der Waals surface area (Å²) in [6, 6.07) is 8.95. The van der Waals surface area contributed by atoms with Crippen LogP contribution in [0.3, 0.4) is 0 Å². The van der Waals surface area contributed by atoms with Gasteiger partial charge in [-0.2, -0.15) is 0 Å². The van der Waals surface area contributed by atoms with Crippen molar-refractivity contribution in [3.63, 3.8) is 0 Å². The van der Waals surface area contributed by atoms with Gasteiger partial charge in [-0.25, -0.2) is 0 Å². The van der Waals surface area contributed by atoms with E-state index in [0.29, 0.717) is 24.5 Å². The fraction of sp³-hybridized carbons (Fsp3) is 0.300. The molecule has 3 heteroatoms. The first-order valence-corrected chi connectivity index (χ1v) is 9.01. The third-order valence-electron chi connectivity index (χ3n) is 4.90. The van der Waals surface area contributed by atoms with Crippen molar-refractivity contribution in [2.45, 2.75) is 25.3 Å². The Labute approximate surface area is 141 Å². The largest absolute Gasteiger partial charge is 0.487 e. The summed E-state index contributed by atoms with van der Waals surface area (Å²) in [6.45, 7) is 6.49. The predicted octanol–water partition coefficient (Wildman–Crippen LogP) is 5.45. The van der Waals surface area contributed by atoms with Gasteiger partial charge >= 0.3 is 0 Å². The van der Waals surface area contributed by atoms with Crippen molar-refractivity contribution in [1.82, 2.24) is 0 Å². The zero-order valence-corrected chi connectivity index (χ0v) is 14.1. The van der Waals surface area contributed by atoms with E-state index in [0.717, 1.165) is 17.9 Å². The van der Waals surface area contributed by atoms with Gasteiger partial charge in [-0.3, -0.25) is 0 Å². The quantitative estimate of drug-likeness (QED) is 0.756. The van der Waals surface area contributed by atoms with E-state index in [9.17, 15) is 0 Å². The summed E-state index contributed by atoms with van der Waals surface area (Å²) in [7, 11) is 0. The smallest absolute Gasteiger partial charge is 0.143 e. The highest BCUT2D eigenvalue weighted by Gasteiger charge is 2.39. The molecule has 1 aliphatic heterocycles. The van der Waals surface area contributed by atoms with Gasteiger partial charge < -0.3 is 10.1 Å². The number of hydrogen-bond acceptors (Lipinski definition) is 3. The molecule has 0 amide bonds. The summed E-state index contributed by atoms with van der Waals surface area (Å²) < 4.78 is 5.90. The van der Waals surface area contributed by atoms with Gasteiger partial charge in [-0.05, 0) is 47.9 Å². The maximum Gasteiger partial charge on any atom is 0.143 e. The zero-order chi connectivity index (χ0) is 15.8. The number of ether oxygens (including phenoxy) is 1. The molecule has 2 heterocycles. The van der Waals surface area contributed by atoms with Crippen LogP contribution in [-0.2, 0) is 0 Å². The molecule has 2 aromatic rings.